The Morgan fingerprint density at radius 2 is 1.88 bits per heavy atom. The van der Waals surface area contributed by atoms with Crippen molar-refractivity contribution in [2.45, 2.75) is 71.0 Å². The van der Waals surface area contributed by atoms with Crippen molar-refractivity contribution in [3.63, 3.8) is 0 Å². The van der Waals surface area contributed by atoms with Gasteiger partial charge in [-0.3, -0.25) is 9.59 Å². The van der Waals surface area contributed by atoms with Crippen molar-refractivity contribution in [1.29, 1.82) is 0 Å². The number of rotatable bonds is 12. The van der Waals surface area contributed by atoms with Crippen molar-refractivity contribution in [1.82, 2.24) is 9.80 Å². The van der Waals surface area contributed by atoms with Gasteiger partial charge in [-0.1, -0.05) is 38.3 Å². The van der Waals surface area contributed by atoms with Crippen LogP contribution in [-0.2, 0) is 22.7 Å². The van der Waals surface area contributed by atoms with Crippen LogP contribution in [0.4, 0.5) is 0 Å². The van der Waals surface area contributed by atoms with E-state index in [1.807, 2.05) is 45.5 Å². The molecule has 7 heteroatoms. The van der Waals surface area contributed by atoms with Crippen molar-refractivity contribution >= 4 is 23.2 Å². The molecule has 1 aliphatic heterocycles. The van der Waals surface area contributed by atoms with E-state index in [0.29, 0.717) is 25.3 Å². The third-order valence-corrected chi connectivity index (χ3v) is 6.81. The standard InChI is InChI=1S/C25H32N2O4S/c1-2-3-4-5-8-24(28)27(20-10-11-20)17-25(29)26(16-21-7-6-13-32-21)15-19-9-12-22-23(14-19)31-18-30-22/h6-7,9,12-14,20H,2-5,8,10-11,15-18H2,1H3. The van der Waals surface area contributed by atoms with Crippen molar-refractivity contribution in [2.24, 2.45) is 0 Å². The molecule has 0 bridgehead atoms. The minimum Gasteiger partial charge on any atom is -0.454 e. The number of carbonyl (C=O) groups excluding carboxylic acids is 2. The highest BCUT2D eigenvalue weighted by Crippen LogP contribution is 2.33. The first-order valence-electron chi connectivity index (χ1n) is 11.6. The average molecular weight is 457 g/mol. The van der Waals surface area contributed by atoms with E-state index in [4.69, 9.17) is 9.47 Å². The number of amides is 2. The van der Waals surface area contributed by atoms with Crippen LogP contribution in [0.3, 0.4) is 0 Å². The maximum Gasteiger partial charge on any atom is 0.242 e. The number of nitrogens with zero attached hydrogens (tertiary/aromatic N) is 2. The largest absolute Gasteiger partial charge is 0.454 e. The molecule has 1 aromatic carbocycles. The highest BCUT2D eigenvalue weighted by Gasteiger charge is 2.34. The molecule has 4 rings (SSSR count). The first kappa shape index (κ1) is 22.6. The Kier molecular flexibility index (Phi) is 7.68. The molecule has 6 nitrogen and oxygen atoms in total. The maximum atomic E-state index is 13.4. The maximum absolute atomic E-state index is 13.4. The summed E-state index contributed by atoms with van der Waals surface area (Å²) in [5.41, 5.74) is 0.989. The van der Waals surface area contributed by atoms with Gasteiger partial charge in [0, 0.05) is 23.9 Å². The smallest absolute Gasteiger partial charge is 0.242 e. The highest BCUT2D eigenvalue weighted by molar-refractivity contribution is 7.09. The second kappa shape index (κ2) is 10.9. The van der Waals surface area contributed by atoms with E-state index in [1.54, 1.807) is 11.3 Å². The van der Waals surface area contributed by atoms with E-state index in [9.17, 15) is 9.59 Å². The molecule has 1 fully saturated rings. The number of unbranched alkanes of at least 4 members (excludes halogenated alkanes) is 3. The van der Waals surface area contributed by atoms with Gasteiger partial charge in [-0.15, -0.1) is 11.3 Å². The SMILES string of the molecule is CCCCCCC(=O)N(CC(=O)N(Cc1ccc2c(c1)OCO2)Cc1cccs1)C1CC1. The Morgan fingerprint density at radius 1 is 1.03 bits per heavy atom. The van der Waals surface area contributed by atoms with Crippen LogP contribution in [0.25, 0.3) is 0 Å². The summed E-state index contributed by atoms with van der Waals surface area (Å²) < 4.78 is 10.9. The molecule has 0 radical (unpaired) electrons. The van der Waals surface area contributed by atoms with E-state index >= 15 is 0 Å². The first-order chi connectivity index (χ1) is 15.6. The molecule has 2 aliphatic rings. The van der Waals surface area contributed by atoms with Gasteiger partial charge in [0.05, 0.1) is 6.54 Å². The van der Waals surface area contributed by atoms with Crippen molar-refractivity contribution in [3.8, 4) is 11.5 Å². The van der Waals surface area contributed by atoms with Crippen molar-refractivity contribution in [2.75, 3.05) is 13.3 Å². The van der Waals surface area contributed by atoms with Crippen LogP contribution in [0, 0.1) is 0 Å². The van der Waals surface area contributed by atoms with Crippen molar-refractivity contribution in [3.05, 3.63) is 46.2 Å². The number of carbonyl (C=O) groups is 2. The number of fused-ring (bicyclic) bond motifs is 1. The number of ether oxygens (including phenoxy) is 2. The molecule has 172 valence electrons. The zero-order chi connectivity index (χ0) is 22.3. The molecule has 2 amide bonds. The van der Waals surface area contributed by atoms with E-state index in [-0.39, 0.29) is 31.2 Å². The molecule has 1 aliphatic carbocycles. The Labute approximate surface area is 194 Å². The molecule has 32 heavy (non-hydrogen) atoms. The predicted molar refractivity (Wildman–Crippen MR) is 125 cm³/mol. The van der Waals surface area contributed by atoms with Crippen LogP contribution in [0.1, 0.15) is 62.3 Å². The van der Waals surface area contributed by atoms with Gasteiger partial charge in [0.15, 0.2) is 11.5 Å². The summed E-state index contributed by atoms with van der Waals surface area (Å²) in [6.07, 6.45) is 6.82. The van der Waals surface area contributed by atoms with Crippen LogP contribution in [0.15, 0.2) is 35.7 Å². The van der Waals surface area contributed by atoms with Crippen LogP contribution in [0.2, 0.25) is 0 Å². The molecule has 0 unspecified atom stereocenters. The number of hydrogen-bond acceptors (Lipinski definition) is 5. The number of thiophene rings is 1. The molecule has 0 saturated heterocycles. The van der Waals surface area contributed by atoms with Crippen LogP contribution in [0.5, 0.6) is 11.5 Å². The fourth-order valence-electron chi connectivity index (χ4n) is 3.98. The summed E-state index contributed by atoms with van der Waals surface area (Å²) in [6, 6.07) is 10.1. The van der Waals surface area contributed by atoms with E-state index in [0.717, 1.165) is 54.7 Å². The molecule has 2 aromatic rings. The Balaban J connectivity index is 1.43. The van der Waals surface area contributed by atoms with Gasteiger partial charge in [-0.2, -0.15) is 0 Å². The third-order valence-electron chi connectivity index (χ3n) is 5.95. The lowest BCUT2D eigenvalue weighted by atomic mass is 10.1. The highest BCUT2D eigenvalue weighted by atomic mass is 32.1. The van der Waals surface area contributed by atoms with E-state index in [1.165, 1.54) is 0 Å². The van der Waals surface area contributed by atoms with Gasteiger partial charge < -0.3 is 19.3 Å². The third kappa shape index (κ3) is 6.03. The lowest BCUT2D eigenvalue weighted by Crippen LogP contribution is -2.43. The lowest BCUT2D eigenvalue weighted by Gasteiger charge is -2.28. The summed E-state index contributed by atoms with van der Waals surface area (Å²) in [5, 5.41) is 2.02. The van der Waals surface area contributed by atoms with Gasteiger partial charge >= 0.3 is 0 Å². The fourth-order valence-corrected chi connectivity index (χ4v) is 4.70. The molecule has 1 aromatic heterocycles. The monoisotopic (exact) mass is 456 g/mol. The minimum atomic E-state index is -0.00937. The second-order valence-electron chi connectivity index (χ2n) is 8.58. The zero-order valence-electron chi connectivity index (χ0n) is 18.8. The first-order valence-corrected chi connectivity index (χ1v) is 12.5. The van der Waals surface area contributed by atoms with E-state index < -0.39 is 0 Å². The molecule has 0 spiro atoms. The lowest BCUT2D eigenvalue weighted by molar-refractivity contribution is -0.141. The Bertz CT molecular complexity index is 911. The van der Waals surface area contributed by atoms with Crippen LogP contribution in [-0.4, -0.2) is 41.0 Å². The van der Waals surface area contributed by atoms with Gasteiger partial charge in [0.1, 0.15) is 6.54 Å². The molecule has 1 saturated carbocycles. The Morgan fingerprint density at radius 3 is 2.62 bits per heavy atom. The van der Waals surface area contributed by atoms with Crippen LogP contribution < -0.4 is 9.47 Å². The topological polar surface area (TPSA) is 59.1 Å². The van der Waals surface area contributed by atoms with Gasteiger partial charge in [-0.25, -0.2) is 0 Å². The molecule has 0 N–H and O–H groups in total. The summed E-state index contributed by atoms with van der Waals surface area (Å²) in [6.45, 7) is 3.56. The Hall–Kier alpha value is -2.54. The molecular weight excluding hydrogens is 424 g/mol. The predicted octanol–water partition coefficient (Wildman–Crippen LogP) is 4.97. The summed E-state index contributed by atoms with van der Waals surface area (Å²) in [4.78, 5) is 31.1. The van der Waals surface area contributed by atoms with Gasteiger partial charge in [0.2, 0.25) is 18.6 Å². The fraction of sp³-hybridized carbons (Fsp3) is 0.520. The van der Waals surface area contributed by atoms with Gasteiger partial charge in [-0.05, 0) is 48.4 Å². The summed E-state index contributed by atoms with van der Waals surface area (Å²) in [5.74, 6) is 1.56. The molecular formula is C25H32N2O4S. The summed E-state index contributed by atoms with van der Waals surface area (Å²) >= 11 is 1.64. The molecule has 2 heterocycles. The van der Waals surface area contributed by atoms with E-state index in [2.05, 4.69) is 6.92 Å². The minimum absolute atomic E-state index is 0.00937. The normalized spacial score (nSPS) is 14.4. The number of hydrogen-bond donors (Lipinski definition) is 0. The molecule has 0 atom stereocenters. The van der Waals surface area contributed by atoms with Crippen LogP contribution >= 0.6 is 11.3 Å². The van der Waals surface area contributed by atoms with Gasteiger partial charge in [0.25, 0.3) is 0 Å². The zero-order valence-corrected chi connectivity index (χ0v) is 19.6. The van der Waals surface area contributed by atoms with Crippen molar-refractivity contribution < 1.29 is 19.1 Å². The number of benzene rings is 1. The average Bonchev–Trinajstić information content (AvgIpc) is 3.29. The summed E-state index contributed by atoms with van der Waals surface area (Å²) in [7, 11) is 0. The second-order valence-corrected chi connectivity index (χ2v) is 9.61. The quantitative estimate of drug-likeness (QED) is 0.423.